The first-order valence-electron chi connectivity index (χ1n) is 10.2. The summed E-state index contributed by atoms with van der Waals surface area (Å²) in [4.78, 5) is 28.5. The van der Waals surface area contributed by atoms with Crippen LogP contribution in [0.3, 0.4) is 0 Å². The van der Waals surface area contributed by atoms with Crippen LogP contribution in [-0.2, 0) is 17.8 Å². The SMILES string of the molecule is O=C(NCCCSc1ccc(F)cc1)C1Cc2ccccc2CN1C(=O)c1ccco1. The van der Waals surface area contributed by atoms with E-state index in [9.17, 15) is 14.0 Å². The number of carbonyl (C=O) groups is 2. The number of nitrogens with one attached hydrogen (secondary N) is 1. The number of rotatable bonds is 7. The van der Waals surface area contributed by atoms with Crippen molar-refractivity contribution in [1.82, 2.24) is 10.2 Å². The molecule has 7 heteroatoms. The van der Waals surface area contributed by atoms with Crippen LogP contribution in [0.4, 0.5) is 4.39 Å². The third-order valence-corrected chi connectivity index (χ3v) is 6.35. The van der Waals surface area contributed by atoms with E-state index in [0.717, 1.165) is 28.2 Å². The Balaban J connectivity index is 1.36. The minimum Gasteiger partial charge on any atom is -0.459 e. The van der Waals surface area contributed by atoms with Crippen molar-refractivity contribution >= 4 is 23.6 Å². The Hall–Kier alpha value is -3.06. The second-order valence-electron chi connectivity index (χ2n) is 7.35. The molecule has 1 aliphatic heterocycles. The number of amides is 2. The van der Waals surface area contributed by atoms with Gasteiger partial charge < -0.3 is 14.6 Å². The molecule has 1 aliphatic rings. The number of fused-ring (bicyclic) bond motifs is 1. The van der Waals surface area contributed by atoms with E-state index in [4.69, 9.17) is 4.42 Å². The van der Waals surface area contributed by atoms with Gasteiger partial charge in [0, 0.05) is 24.4 Å². The van der Waals surface area contributed by atoms with Crippen LogP contribution in [0.15, 0.2) is 76.2 Å². The highest BCUT2D eigenvalue weighted by Crippen LogP contribution is 2.25. The van der Waals surface area contributed by atoms with Gasteiger partial charge in [0.25, 0.3) is 5.91 Å². The summed E-state index contributed by atoms with van der Waals surface area (Å²) in [6.45, 7) is 0.877. The zero-order valence-corrected chi connectivity index (χ0v) is 17.7. The van der Waals surface area contributed by atoms with Crippen molar-refractivity contribution < 1.29 is 18.4 Å². The number of hydrogen-bond acceptors (Lipinski definition) is 4. The summed E-state index contributed by atoms with van der Waals surface area (Å²) in [7, 11) is 0. The molecule has 0 fully saturated rings. The number of benzene rings is 2. The van der Waals surface area contributed by atoms with Crippen LogP contribution in [0, 0.1) is 5.82 Å². The predicted octanol–water partition coefficient (Wildman–Crippen LogP) is 4.28. The molecule has 5 nitrogen and oxygen atoms in total. The average Bonchev–Trinajstić information content (AvgIpc) is 3.33. The zero-order valence-electron chi connectivity index (χ0n) is 16.9. The molecule has 3 aromatic rings. The molecule has 1 atom stereocenters. The maximum Gasteiger partial charge on any atom is 0.290 e. The van der Waals surface area contributed by atoms with Crippen LogP contribution in [0.2, 0.25) is 0 Å². The highest BCUT2D eigenvalue weighted by atomic mass is 32.2. The van der Waals surface area contributed by atoms with Gasteiger partial charge in [-0.3, -0.25) is 9.59 Å². The first-order chi connectivity index (χ1) is 15.1. The van der Waals surface area contributed by atoms with Gasteiger partial charge in [0.15, 0.2) is 5.76 Å². The summed E-state index contributed by atoms with van der Waals surface area (Å²) < 4.78 is 18.3. The highest BCUT2D eigenvalue weighted by molar-refractivity contribution is 7.99. The molecule has 1 N–H and O–H groups in total. The fourth-order valence-electron chi connectivity index (χ4n) is 3.63. The van der Waals surface area contributed by atoms with Crippen molar-refractivity contribution in [2.24, 2.45) is 0 Å². The Kier molecular flexibility index (Phi) is 6.72. The van der Waals surface area contributed by atoms with Crippen LogP contribution in [0.1, 0.15) is 28.1 Å². The molecule has 0 saturated heterocycles. The molecule has 1 unspecified atom stereocenters. The van der Waals surface area contributed by atoms with E-state index in [1.807, 2.05) is 24.3 Å². The Morgan fingerprint density at radius 2 is 1.84 bits per heavy atom. The van der Waals surface area contributed by atoms with E-state index < -0.39 is 6.04 Å². The van der Waals surface area contributed by atoms with E-state index in [2.05, 4.69) is 5.32 Å². The van der Waals surface area contributed by atoms with Crippen molar-refractivity contribution in [2.45, 2.75) is 30.3 Å². The Morgan fingerprint density at radius 3 is 2.58 bits per heavy atom. The lowest BCUT2D eigenvalue weighted by molar-refractivity contribution is -0.126. The van der Waals surface area contributed by atoms with Crippen molar-refractivity contribution in [3.63, 3.8) is 0 Å². The number of hydrogen-bond donors (Lipinski definition) is 1. The predicted molar refractivity (Wildman–Crippen MR) is 117 cm³/mol. The standard InChI is InChI=1S/C24H23FN2O3S/c25-19-8-10-20(11-9-19)31-14-4-12-26-23(28)21-15-17-5-1-2-6-18(17)16-27(21)24(29)22-7-3-13-30-22/h1-3,5-11,13,21H,4,12,14-16H2,(H,26,28). The molecular formula is C24H23FN2O3S. The molecule has 0 aliphatic carbocycles. The van der Waals surface area contributed by atoms with Crippen molar-refractivity contribution in [3.8, 4) is 0 Å². The minimum absolute atomic E-state index is 0.166. The van der Waals surface area contributed by atoms with Crippen molar-refractivity contribution in [2.75, 3.05) is 12.3 Å². The maximum atomic E-state index is 13.0. The summed E-state index contributed by atoms with van der Waals surface area (Å²) in [6.07, 6.45) is 2.70. The number of nitrogens with zero attached hydrogens (tertiary/aromatic N) is 1. The second-order valence-corrected chi connectivity index (χ2v) is 8.51. The first kappa shape index (κ1) is 21.2. The topological polar surface area (TPSA) is 62.6 Å². The minimum atomic E-state index is -0.586. The average molecular weight is 439 g/mol. The van der Waals surface area contributed by atoms with E-state index in [1.54, 1.807) is 40.9 Å². The molecule has 0 bridgehead atoms. The molecular weight excluding hydrogens is 415 g/mol. The summed E-state index contributed by atoms with van der Waals surface area (Å²) in [5.74, 6) is 0.328. The quantitative estimate of drug-likeness (QED) is 0.442. The zero-order chi connectivity index (χ0) is 21.6. The normalized spacial score (nSPS) is 15.4. The van der Waals surface area contributed by atoms with Gasteiger partial charge in [0.05, 0.1) is 6.26 Å². The van der Waals surface area contributed by atoms with E-state index >= 15 is 0 Å². The molecule has 1 aromatic heterocycles. The molecule has 160 valence electrons. The largest absolute Gasteiger partial charge is 0.459 e. The number of thioether (sulfide) groups is 1. The third-order valence-electron chi connectivity index (χ3n) is 5.25. The number of halogens is 1. The Morgan fingerprint density at radius 1 is 1.06 bits per heavy atom. The van der Waals surface area contributed by atoms with Gasteiger partial charge in [0.2, 0.25) is 5.91 Å². The second kappa shape index (κ2) is 9.83. The summed E-state index contributed by atoms with van der Waals surface area (Å²) >= 11 is 1.62. The Bertz CT molecular complexity index is 1040. The van der Waals surface area contributed by atoms with Gasteiger partial charge in [-0.2, -0.15) is 0 Å². The van der Waals surface area contributed by atoms with Crippen molar-refractivity contribution in [3.05, 3.63) is 89.6 Å². The van der Waals surface area contributed by atoms with Crippen LogP contribution in [0.5, 0.6) is 0 Å². The molecule has 0 radical (unpaired) electrons. The number of furan rings is 1. The molecule has 4 rings (SSSR count). The van der Waals surface area contributed by atoms with E-state index in [-0.39, 0.29) is 23.4 Å². The Labute approximate surface area is 184 Å². The van der Waals surface area contributed by atoms with Crippen LogP contribution >= 0.6 is 11.8 Å². The third kappa shape index (κ3) is 5.17. The lowest BCUT2D eigenvalue weighted by Gasteiger charge is -2.35. The molecule has 0 spiro atoms. The molecule has 2 aromatic carbocycles. The number of carbonyl (C=O) groups excluding carboxylic acids is 2. The van der Waals surface area contributed by atoms with Crippen LogP contribution < -0.4 is 5.32 Å². The van der Waals surface area contributed by atoms with E-state index in [0.29, 0.717) is 19.5 Å². The van der Waals surface area contributed by atoms with E-state index in [1.165, 1.54) is 18.4 Å². The molecule has 0 saturated carbocycles. The lowest BCUT2D eigenvalue weighted by Crippen LogP contribution is -2.52. The fourth-order valence-corrected chi connectivity index (χ4v) is 4.49. The smallest absolute Gasteiger partial charge is 0.290 e. The van der Waals surface area contributed by atoms with Gasteiger partial charge in [-0.1, -0.05) is 24.3 Å². The molecule has 2 amide bonds. The van der Waals surface area contributed by atoms with Gasteiger partial charge in [-0.25, -0.2) is 4.39 Å². The maximum absolute atomic E-state index is 13.0. The van der Waals surface area contributed by atoms with Gasteiger partial charge in [-0.15, -0.1) is 11.8 Å². The summed E-state index contributed by atoms with van der Waals surface area (Å²) in [6, 6.07) is 16.9. The van der Waals surface area contributed by atoms with Gasteiger partial charge in [-0.05, 0) is 59.7 Å². The summed E-state index contributed by atoms with van der Waals surface area (Å²) in [5, 5.41) is 2.97. The lowest BCUT2D eigenvalue weighted by atomic mass is 9.93. The molecule has 2 heterocycles. The highest BCUT2D eigenvalue weighted by Gasteiger charge is 2.35. The first-order valence-corrected chi connectivity index (χ1v) is 11.2. The van der Waals surface area contributed by atoms with Crippen molar-refractivity contribution in [1.29, 1.82) is 0 Å². The fraction of sp³-hybridized carbons (Fsp3) is 0.250. The van der Waals surface area contributed by atoms with Gasteiger partial charge in [0.1, 0.15) is 11.9 Å². The summed E-state index contributed by atoms with van der Waals surface area (Å²) in [5.41, 5.74) is 2.13. The van der Waals surface area contributed by atoms with Crippen LogP contribution in [0.25, 0.3) is 0 Å². The van der Waals surface area contributed by atoms with Gasteiger partial charge >= 0.3 is 0 Å². The monoisotopic (exact) mass is 438 g/mol. The van der Waals surface area contributed by atoms with Crippen LogP contribution in [-0.4, -0.2) is 35.1 Å². The molecule has 31 heavy (non-hydrogen) atoms.